The van der Waals surface area contributed by atoms with Crippen LogP contribution in [0.1, 0.15) is 10.4 Å². The van der Waals surface area contributed by atoms with Crippen molar-refractivity contribution < 1.29 is 35.0 Å². The molecule has 0 unspecified atom stereocenters. The van der Waals surface area contributed by atoms with Crippen LogP contribution in [-0.4, -0.2) is 20.2 Å². The molecular weight excluding hydrogens is 268 g/mol. The Balaban J connectivity index is 3.17. The molecule has 0 radical (unpaired) electrons. The van der Waals surface area contributed by atoms with E-state index in [-0.39, 0.29) is 6.29 Å². The molecule has 4 nitrogen and oxygen atoms in total. The zero-order valence-electron chi connectivity index (χ0n) is 7.86. The predicted molar refractivity (Wildman–Crippen MR) is 47.4 cm³/mol. The second-order valence-electron chi connectivity index (χ2n) is 2.78. The summed E-state index contributed by atoms with van der Waals surface area (Å²) in [5, 5.41) is 0. The van der Waals surface area contributed by atoms with Gasteiger partial charge in [0, 0.05) is 0 Å². The van der Waals surface area contributed by atoms with Crippen molar-refractivity contribution in [2.24, 2.45) is 0 Å². The third-order valence-electron chi connectivity index (χ3n) is 1.58. The van der Waals surface area contributed by atoms with E-state index in [4.69, 9.17) is 0 Å². The Bertz CT molecular complexity index is 535. The summed E-state index contributed by atoms with van der Waals surface area (Å²) < 4.78 is 73.4. The Labute approximate surface area is 92.9 Å². The van der Waals surface area contributed by atoms with Crippen molar-refractivity contribution in [3.63, 3.8) is 0 Å². The van der Waals surface area contributed by atoms with E-state index in [1.165, 1.54) is 0 Å². The van der Waals surface area contributed by atoms with E-state index in [1.807, 2.05) is 0 Å². The van der Waals surface area contributed by atoms with Crippen LogP contribution in [0.4, 0.5) is 17.6 Å². The highest BCUT2D eigenvalue weighted by Crippen LogP contribution is 2.28. The van der Waals surface area contributed by atoms with E-state index in [9.17, 15) is 30.8 Å². The number of hydrogen-bond donors (Lipinski definition) is 0. The molecule has 9 heteroatoms. The molecule has 0 aliphatic rings. The number of carbonyl (C=O) groups is 1. The average molecular weight is 272 g/mol. The van der Waals surface area contributed by atoms with Gasteiger partial charge < -0.3 is 4.18 Å². The smallest absolute Gasteiger partial charge is 0.375 e. The lowest BCUT2D eigenvalue weighted by molar-refractivity contribution is -0.0500. The maximum atomic E-state index is 12.6. The van der Waals surface area contributed by atoms with Crippen LogP contribution in [0, 0.1) is 5.82 Å². The molecule has 1 rings (SSSR count). The summed E-state index contributed by atoms with van der Waals surface area (Å²) in [5.74, 6) is -1.80. The summed E-state index contributed by atoms with van der Waals surface area (Å²) >= 11 is 0. The zero-order chi connectivity index (χ0) is 13.3. The fraction of sp³-hybridized carbons (Fsp3) is 0.125. The van der Waals surface area contributed by atoms with E-state index in [2.05, 4.69) is 4.18 Å². The van der Waals surface area contributed by atoms with Crippen molar-refractivity contribution in [2.45, 2.75) is 5.51 Å². The van der Waals surface area contributed by atoms with Crippen molar-refractivity contribution in [1.29, 1.82) is 0 Å². The predicted octanol–water partition coefficient (Wildman–Crippen LogP) is 1.87. The van der Waals surface area contributed by atoms with Crippen molar-refractivity contribution in [3.05, 3.63) is 29.6 Å². The molecule has 0 atom stereocenters. The van der Waals surface area contributed by atoms with Crippen LogP contribution in [0.15, 0.2) is 18.2 Å². The molecule has 94 valence electrons. The lowest BCUT2D eigenvalue weighted by atomic mass is 10.2. The first kappa shape index (κ1) is 13.4. The standard InChI is InChI=1S/C8H4F4O4S/c9-6-1-2-7(5(3-6)4-13)16-17(14,15)8(10,11)12/h1-4H. The highest BCUT2D eigenvalue weighted by molar-refractivity contribution is 7.88. The minimum Gasteiger partial charge on any atom is -0.375 e. The molecule has 0 heterocycles. The highest BCUT2D eigenvalue weighted by atomic mass is 32.2. The van der Waals surface area contributed by atoms with Crippen LogP contribution in [-0.2, 0) is 10.1 Å². The molecule has 0 aliphatic carbocycles. The molecular formula is C8H4F4O4S. The van der Waals surface area contributed by atoms with Gasteiger partial charge in [0.1, 0.15) is 5.82 Å². The lowest BCUT2D eigenvalue weighted by Crippen LogP contribution is -2.28. The summed E-state index contributed by atoms with van der Waals surface area (Å²) in [7, 11) is -5.88. The van der Waals surface area contributed by atoms with Crippen LogP contribution in [0.2, 0.25) is 0 Å². The third kappa shape index (κ3) is 2.93. The molecule has 0 saturated carbocycles. The van der Waals surface area contributed by atoms with Crippen molar-refractivity contribution in [2.75, 3.05) is 0 Å². The minimum absolute atomic E-state index is 0.0235. The van der Waals surface area contributed by atoms with Gasteiger partial charge in [-0.1, -0.05) is 0 Å². The zero-order valence-corrected chi connectivity index (χ0v) is 8.68. The molecule has 1 aromatic carbocycles. The molecule has 0 saturated heterocycles. The third-order valence-corrected chi connectivity index (χ3v) is 2.55. The normalized spacial score (nSPS) is 12.2. The van der Waals surface area contributed by atoms with Crippen LogP contribution in [0.25, 0.3) is 0 Å². The molecule has 0 spiro atoms. The molecule has 0 amide bonds. The van der Waals surface area contributed by atoms with Crippen molar-refractivity contribution >= 4 is 16.4 Å². The Hall–Kier alpha value is -1.64. The number of rotatable bonds is 3. The maximum absolute atomic E-state index is 12.6. The SMILES string of the molecule is O=Cc1cc(F)ccc1OS(=O)(=O)C(F)(F)F. The molecule has 0 bridgehead atoms. The summed E-state index contributed by atoms with van der Waals surface area (Å²) in [6.45, 7) is 0. The van der Waals surface area contributed by atoms with E-state index < -0.39 is 32.8 Å². The Kier molecular flexibility index (Phi) is 3.41. The first-order chi connectivity index (χ1) is 7.67. The molecule has 1 aromatic rings. The molecule has 0 aliphatic heterocycles. The van der Waals surface area contributed by atoms with Crippen molar-refractivity contribution in [1.82, 2.24) is 0 Å². The van der Waals surface area contributed by atoms with E-state index in [0.29, 0.717) is 18.2 Å². The molecule has 0 fully saturated rings. The Morgan fingerprint density at radius 1 is 1.24 bits per heavy atom. The van der Waals surface area contributed by atoms with E-state index in [1.54, 1.807) is 0 Å². The monoisotopic (exact) mass is 272 g/mol. The number of halogens is 4. The fourth-order valence-corrected chi connectivity index (χ4v) is 1.34. The first-order valence-electron chi connectivity index (χ1n) is 3.93. The van der Waals surface area contributed by atoms with Gasteiger partial charge >= 0.3 is 15.6 Å². The lowest BCUT2D eigenvalue weighted by Gasteiger charge is -2.10. The molecule has 17 heavy (non-hydrogen) atoms. The Morgan fingerprint density at radius 3 is 2.29 bits per heavy atom. The molecule has 0 aromatic heterocycles. The first-order valence-corrected chi connectivity index (χ1v) is 5.33. The summed E-state index contributed by atoms with van der Waals surface area (Å²) in [6.07, 6.45) is -0.0235. The second-order valence-corrected chi connectivity index (χ2v) is 4.32. The maximum Gasteiger partial charge on any atom is 0.534 e. The van der Waals surface area contributed by atoms with Crippen LogP contribution < -0.4 is 4.18 Å². The Morgan fingerprint density at radius 2 is 1.82 bits per heavy atom. The van der Waals surface area contributed by atoms with Crippen molar-refractivity contribution in [3.8, 4) is 5.75 Å². The number of alkyl halides is 3. The molecule has 0 N–H and O–H groups in total. The van der Waals surface area contributed by atoms with Gasteiger partial charge in [-0.05, 0) is 18.2 Å². The van der Waals surface area contributed by atoms with Crippen LogP contribution in [0.3, 0.4) is 0 Å². The van der Waals surface area contributed by atoms with Crippen LogP contribution in [0.5, 0.6) is 5.75 Å². The van der Waals surface area contributed by atoms with E-state index in [0.717, 1.165) is 0 Å². The highest BCUT2D eigenvalue weighted by Gasteiger charge is 2.48. The van der Waals surface area contributed by atoms with Gasteiger partial charge in [0.05, 0.1) is 5.56 Å². The number of benzene rings is 1. The van der Waals surface area contributed by atoms with Gasteiger partial charge in [0.25, 0.3) is 0 Å². The van der Waals surface area contributed by atoms with E-state index >= 15 is 0 Å². The van der Waals surface area contributed by atoms with Crippen LogP contribution >= 0.6 is 0 Å². The number of hydrogen-bond acceptors (Lipinski definition) is 4. The topological polar surface area (TPSA) is 60.4 Å². The fourth-order valence-electron chi connectivity index (χ4n) is 0.853. The summed E-state index contributed by atoms with van der Waals surface area (Å²) in [5.41, 5.74) is -6.26. The number of aldehydes is 1. The average Bonchev–Trinajstić information content (AvgIpc) is 2.18. The van der Waals surface area contributed by atoms with Gasteiger partial charge in [-0.25, -0.2) is 4.39 Å². The van der Waals surface area contributed by atoms with Gasteiger partial charge in [-0.2, -0.15) is 21.6 Å². The summed E-state index contributed by atoms with van der Waals surface area (Å²) in [4.78, 5) is 10.4. The van der Waals surface area contributed by atoms with Gasteiger partial charge in [-0.15, -0.1) is 0 Å². The largest absolute Gasteiger partial charge is 0.534 e. The quantitative estimate of drug-likeness (QED) is 0.365. The minimum atomic E-state index is -5.88. The second kappa shape index (κ2) is 4.32. The van der Waals surface area contributed by atoms with Gasteiger partial charge in [-0.3, -0.25) is 4.79 Å². The van der Waals surface area contributed by atoms with Gasteiger partial charge in [0.15, 0.2) is 12.0 Å². The number of carbonyl (C=O) groups excluding carboxylic acids is 1. The van der Waals surface area contributed by atoms with Gasteiger partial charge in [0.2, 0.25) is 0 Å². The summed E-state index contributed by atoms with van der Waals surface area (Å²) in [6, 6.07) is 1.82.